The second-order valence-corrected chi connectivity index (χ2v) is 5.03. The summed E-state index contributed by atoms with van der Waals surface area (Å²) in [5.74, 6) is 0.908. The summed E-state index contributed by atoms with van der Waals surface area (Å²) >= 11 is 0. The van der Waals surface area contributed by atoms with Gasteiger partial charge in [0.15, 0.2) is 0 Å². The number of anilines is 1. The van der Waals surface area contributed by atoms with Gasteiger partial charge in [0.1, 0.15) is 5.75 Å². The lowest BCUT2D eigenvalue weighted by Crippen LogP contribution is -2.10. The molecule has 0 radical (unpaired) electrons. The molecule has 0 aromatic heterocycles. The van der Waals surface area contributed by atoms with Gasteiger partial charge in [-0.3, -0.25) is 0 Å². The first-order chi connectivity index (χ1) is 5.66. The molecule has 0 heterocycles. The van der Waals surface area contributed by atoms with Crippen molar-refractivity contribution >= 4 is 18.9 Å². The second kappa shape index (κ2) is 3.77. The van der Waals surface area contributed by atoms with E-state index in [1.165, 1.54) is 0 Å². The quantitative estimate of drug-likeness (QED) is 0.558. The molecule has 0 aliphatic rings. The monoisotopic (exact) mass is 183 g/mol. The number of benzene rings is 1. The van der Waals surface area contributed by atoms with Gasteiger partial charge in [0.2, 0.25) is 0 Å². The van der Waals surface area contributed by atoms with Gasteiger partial charge in [0.05, 0.1) is 7.11 Å². The van der Waals surface area contributed by atoms with Gasteiger partial charge in [-0.15, -0.1) is 0 Å². The van der Waals surface area contributed by atoms with E-state index < -0.39 is 0 Å². The molecule has 1 aromatic carbocycles. The van der Waals surface area contributed by atoms with Crippen molar-refractivity contribution in [1.29, 1.82) is 0 Å². The smallest absolute Gasteiger partial charge is 0.128 e. The van der Waals surface area contributed by atoms with E-state index in [1.54, 1.807) is 7.11 Å². The number of nitrogen functional groups attached to an aromatic ring is 1. The van der Waals surface area contributed by atoms with Crippen molar-refractivity contribution in [3.8, 4) is 5.75 Å². The zero-order valence-corrected chi connectivity index (χ0v) is 8.56. The van der Waals surface area contributed by atoms with Gasteiger partial charge in [0.25, 0.3) is 0 Å². The van der Waals surface area contributed by atoms with Gasteiger partial charge in [-0.05, 0) is 25.5 Å². The molecule has 1 aromatic rings. The molecule has 0 aliphatic carbocycles. The van der Waals surface area contributed by atoms with E-state index in [1.807, 2.05) is 18.2 Å². The van der Waals surface area contributed by atoms with Crippen molar-refractivity contribution < 1.29 is 4.74 Å². The summed E-state index contributed by atoms with van der Waals surface area (Å²) in [4.78, 5) is 0. The first-order valence-electron chi connectivity index (χ1n) is 3.76. The summed E-state index contributed by atoms with van der Waals surface area (Å²) in [5, 5.41) is 1.16. The van der Waals surface area contributed by atoms with Crippen molar-refractivity contribution in [1.82, 2.24) is 0 Å². The van der Waals surface area contributed by atoms with Crippen molar-refractivity contribution in [2.75, 3.05) is 26.2 Å². The van der Waals surface area contributed by atoms with Crippen LogP contribution in [-0.4, -0.2) is 20.4 Å². The summed E-state index contributed by atoms with van der Waals surface area (Å²) in [6.45, 7) is 4.34. The summed E-state index contributed by atoms with van der Waals surface area (Å²) < 4.78 is 5.22. The molecule has 3 heteroatoms. The van der Waals surface area contributed by atoms with Crippen LogP contribution in [0.2, 0.25) is 0 Å². The Hall–Kier alpha value is -0.750. The third-order valence-corrected chi connectivity index (χ3v) is 3.07. The minimum absolute atomic E-state index is 0.193. The molecule has 0 amide bonds. The minimum atomic E-state index is -0.193. The van der Waals surface area contributed by atoms with Gasteiger partial charge in [-0.2, -0.15) is 0 Å². The maximum atomic E-state index is 5.83. The predicted octanol–water partition coefficient (Wildman–Crippen LogP) is 1.64. The standard InChI is InChI=1S/C9H14NOP/c1-11-8-6-4-5-7(10)9(8)12(2)3/h4-6H,10H2,1-3H3. The van der Waals surface area contributed by atoms with Crippen molar-refractivity contribution in [2.45, 2.75) is 0 Å². The van der Waals surface area contributed by atoms with Gasteiger partial charge in [0, 0.05) is 11.0 Å². The fraction of sp³-hybridized carbons (Fsp3) is 0.333. The molecule has 1 rings (SSSR count). The summed E-state index contributed by atoms with van der Waals surface area (Å²) in [6.07, 6.45) is 0. The topological polar surface area (TPSA) is 35.2 Å². The van der Waals surface area contributed by atoms with Crippen molar-refractivity contribution in [3.05, 3.63) is 18.2 Å². The Kier molecular flexibility index (Phi) is 2.93. The highest BCUT2D eigenvalue weighted by Gasteiger charge is 2.09. The Morgan fingerprint density at radius 1 is 1.33 bits per heavy atom. The third kappa shape index (κ3) is 1.70. The van der Waals surface area contributed by atoms with E-state index in [0.717, 1.165) is 16.7 Å². The maximum Gasteiger partial charge on any atom is 0.128 e. The highest BCUT2D eigenvalue weighted by Crippen LogP contribution is 2.32. The fourth-order valence-electron chi connectivity index (χ4n) is 1.18. The molecule has 12 heavy (non-hydrogen) atoms. The largest absolute Gasteiger partial charge is 0.496 e. The molecule has 0 atom stereocenters. The van der Waals surface area contributed by atoms with Crippen LogP contribution in [0.3, 0.4) is 0 Å². The molecule has 0 aliphatic heterocycles. The number of rotatable bonds is 2. The Labute approximate surface area is 74.5 Å². The predicted molar refractivity (Wildman–Crippen MR) is 55.8 cm³/mol. The molecular weight excluding hydrogens is 169 g/mol. The fourth-order valence-corrected chi connectivity index (χ4v) is 2.38. The highest BCUT2D eigenvalue weighted by atomic mass is 31.1. The van der Waals surface area contributed by atoms with Crippen LogP contribution >= 0.6 is 7.92 Å². The summed E-state index contributed by atoms with van der Waals surface area (Å²) in [5.41, 5.74) is 6.67. The Morgan fingerprint density at radius 3 is 2.42 bits per heavy atom. The Morgan fingerprint density at radius 2 is 2.00 bits per heavy atom. The van der Waals surface area contributed by atoms with E-state index >= 15 is 0 Å². The number of ether oxygens (including phenoxy) is 1. The number of hydrogen-bond donors (Lipinski definition) is 1. The molecule has 2 N–H and O–H groups in total. The van der Waals surface area contributed by atoms with Crippen LogP contribution in [-0.2, 0) is 0 Å². The lowest BCUT2D eigenvalue weighted by molar-refractivity contribution is 0.418. The van der Waals surface area contributed by atoms with Gasteiger partial charge < -0.3 is 10.5 Å². The molecule has 0 saturated heterocycles. The molecular formula is C9H14NOP. The van der Waals surface area contributed by atoms with Crippen LogP contribution in [0.4, 0.5) is 5.69 Å². The van der Waals surface area contributed by atoms with E-state index in [0.29, 0.717) is 0 Å². The molecule has 0 bridgehead atoms. The van der Waals surface area contributed by atoms with E-state index in [4.69, 9.17) is 10.5 Å². The van der Waals surface area contributed by atoms with Gasteiger partial charge in [-0.1, -0.05) is 14.0 Å². The minimum Gasteiger partial charge on any atom is -0.496 e. The Bertz CT molecular complexity index is 273. The van der Waals surface area contributed by atoms with Crippen LogP contribution < -0.4 is 15.8 Å². The maximum absolute atomic E-state index is 5.83. The van der Waals surface area contributed by atoms with Crippen LogP contribution in [0, 0.1) is 0 Å². The van der Waals surface area contributed by atoms with Crippen molar-refractivity contribution in [3.63, 3.8) is 0 Å². The third-order valence-electron chi connectivity index (χ3n) is 1.70. The average Bonchev–Trinajstić information content (AvgIpc) is 2.03. The number of hydrogen-bond acceptors (Lipinski definition) is 2. The SMILES string of the molecule is COc1cccc(N)c1P(C)C. The van der Waals surface area contributed by atoms with Gasteiger partial charge >= 0.3 is 0 Å². The lowest BCUT2D eigenvalue weighted by Gasteiger charge is -2.13. The van der Waals surface area contributed by atoms with E-state index in [-0.39, 0.29) is 7.92 Å². The molecule has 0 fully saturated rings. The molecule has 0 spiro atoms. The number of methoxy groups -OCH3 is 1. The summed E-state index contributed by atoms with van der Waals surface area (Å²) in [6, 6.07) is 5.78. The van der Waals surface area contributed by atoms with Crippen LogP contribution in [0.1, 0.15) is 0 Å². The molecule has 0 saturated carbocycles. The van der Waals surface area contributed by atoms with Gasteiger partial charge in [-0.25, -0.2) is 0 Å². The molecule has 66 valence electrons. The summed E-state index contributed by atoms with van der Waals surface area (Å²) in [7, 11) is 1.48. The second-order valence-electron chi connectivity index (χ2n) is 2.79. The first-order valence-corrected chi connectivity index (χ1v) is 6.00. The van der Waals surface area contributed by atoms with Crippen molar-refractivity contribution in [2.24, 2.45) is 0 Å². The van der Waals surface area contributed by atoms with Crippen LogP contribution in [0.25, 0.3) is 0 Å². The average molecular weight is 183 g/mol. The highest BCUT2D eigenvalue weighted by molar-refractivity contribution is 7.64. The molecule has 0 unspecified atom stereocenters. The van der Waals surface area contributed by atoms with E-state index in [9.17, 15) is 0 Å². The van der Waals surface area contributed by atoms with E-state index in [2.05, 4.69) is 13.3 Å². The Balaban J connectivity index is 3.20. The molecule has 2 nitrogen and oxygen atoms in total. The van der Waals surface area contributed by atoms with Crippen LogP contribution in [0.5, 0.6) is 5.75 Å². The number of nitrogens with two attached hydrogens (primary N) is 1. The zero-order valence-electron chi connectivity index (χ0n) is 7.66. The lowest BCUT2D eigenvalue weighted by atomic mass is 10.3. The first kappa shape index (κ1) is 9.34. The zero-order chi connectivity index (χ0) is 9.14. The van der Waals surface area contributed by atoms with Crippen LogP contribution in [0.15, 0.2) is 18.2 Å². The normalized spacial score (nSPS) is 10.3.